The van der Waals surface area contributed by atoms with E-state index < -0.39 is 0 Å². The second-order valence-electron chi connectivity index (χ2n) is 7.20. The Morgan fingerprint density at radius 3 is 2.12 bits per heavy atom. The molecule has 1 heterocycles. The van der Waals surface area contributed by atoms with Gasteiger partial charge in [0.05, 0.1) is 0 Å². The van der Waals surface area contributed by atoms with Gasteiger partial charge in [-0.1, -0.05) is 45.0 Å². The van der Waals surface area contributed by atoms with E-state index in [0.717, 1.165) is 38.3 Å². The smallest absolute Gasteiger partial charge is 0.321 e. The second-order valence-corrected chi connectivity index (χ2v) is 7.20. The molecule has 1 aliphatic heterocycles. The molecule has 0 radical (unpaired) electrons. The summed E-state index contributed by atoms with van der Waals surface area (Å²) in [5, 5.41) is 3.02. The zero-order valence-electron chi connectivity index (χ0n) is 16.0. The van der Waals surface area contributed by atoms with Crippen molar-refractivity contribution in [1.82, 2.24) is 4.90 Å². The van der Waals surface area contributed by atoms with E-state index in [9.17, 15) is 4.79 Å². The molecule has 0 spiro atoms. The molecule has 0 aromatic heterocycles. The van der Waals surface area contributed by atoms with Crippen LogP contribution in [0.4, 0.5) is 16.2 Å². The van der Waals surface area contributed by atoms with Crippen molar-refractivity contribution >= 4 is 17.4 Å². The number of nitrogens with zero attached hydrogens (tertiary/aromatic N) is 2. The van der Waals surface area contributed by atoms with Crippen LogP contribution in [0.25, 0.3) is 0 Å². The van der Waals surface area contributed by atoms with Crippen molar-refractivity contribution in [3.05, 3.63) is 59.7 Å². The van der Waals surface area contributed by atoms with E-state index in [0.29, 0.717) is 5.92 Å². The van der Waals surface area contributed by atoms with E-state index in [2.05, 4.69) is 67.4 Å². The lowest BCUT2D eigenvalue weighted by Gasteiger charge is -2.36. The Kier molecular flexibility index (Phi) is 5.82. The lowest BCUT2D eigenvalue weighted by atomic mass is 10.0. The van der Waals surface area contributed by atoms with Gasteiger partial charge in [-0.15, -0.1) is 0 Å². The maximum absolute atomic E-state index is 12.5. The Hall–Kier alpha value is -2.49. The van der Waals surface area contributed by atoms with Gasteiger partial charge in [-0.05, 0) is 47.7 Å². The molecule has 3 rings (SSSR count). The molecule has 26 heavy (non-hydrogen) atoms. The van der Waals surface area contributed by atoms with Crippen LogP contribution in [-0.4, -0.2) is 37.1 Å². The fourth-order valence-electron chi connectivity index (χ4n) is 3.26. The maximum Gasteiger partial charge on any atom is 0.321 e. The largest absolute Gasteiger partial charge is 0.368 e. The van der Waals surface area contributed by atoms with E-state index in [1.165, 1.54) is 16.8 Å². The van der Waals surface area contributed by atoms with Crippen molar-refractivity contribution in [2.75, 3.05) is 36.4 Å². The Balaban J connectivity index is 1.52. The first-order chi connectivity index (χ1) is 12.6. The number of carbonyl (C=O) groups is 1. The van der Waals surface area contributed by atoms with E-state index in [-0.39, 0.29) is 6.03 Å². The maximum atomic E-state index is 12.5. The van der Waals surface area contributed by atoms with E-state index >= 15 is 0 Å². The average Bonchev–Trinajstić information content (AvgIpc) is 2.68. The summed E-state index contributed by atoms with van der Waals surface area (Å²) in [6.07, 6.45) is 1.06. The van der Waals surface area contributed by atoms with E-state index in [1.54, 1.807) is 0 Å². The normalized spacial score (nSPS) is 14.6. The average molecular weight is 351 g/mol. The number of hydrogen-bond donors (Lipinski definition) is 1. The van der Waals surface area contributed by atoms with Crippen molar-refractivity contribution in [2.24, 2.45) is 0 Å². The molecule has 1 aliphatic rings. The number of aryl methyl sites for hydroxylation is 1. The lowest BCUT2D eigenvalue weighted by Crippen LogP contribution is -2.50. The van der Waals surface area contributed by atoms with Gasteiger partial charge in [-0.3, -0.25) is 0 Å². The predicted octanol–water partition coefficient (Wildman–Crippen LogP) is 4.73. The minimum absolute atomic E-state index is 0.0109. The van der Waals surface area contributed by atoms with Gasteiger partial charge in [-0.2, -0.15) is 0 Å². The molecule has 2 aromatic carbocycles. The Morgan fingerprint density at radius 2 is 1.58 bits per heavy atom. The van der Waals surface area contributed by atoms with Gasteiger partial charge >= 0.3 is 6.03 Å². The van der Waals surface area contributed by atoms with Crippen LogP contribution >= 0.6 is 0 Å². The summed E-state index contributed by atoms with van der Waals surface area (Å²) >= 11 is 0. The van der Waals surface area contributed by atoms with Gasteiger partial charge in [-0.25, -0.2) is 4.79 Å². The SMILES string of the molecule is CCc1ccc(N2CCN(C(=O)Nc3ccc(C(C)C)cc3)CC2)cc1. The van der Waals surface area contributed by atoms with Gasteiger partial charge in [0.1, 0.15) is 0 Å². The molecule has 2 aromatic rings. The van der Waals surface area contributed by atoms with E-state index in [1.807, 2.05) is 17.0 Å². The monoisotopic (exact) mass is 351 g/mol. The molecule has 0 saturated carbocycles. The zero-order chi connectivity index (χ0) is 18.5. The Morgan fingerprint density at radius 1 is 0.962 bits per heavy atom. The molecule has 0 aliphatic carbocycles. The molecular formula is C22H29N3O. The fraction of sp³-hybridized carbons (Fsp3) is 0.409. The van der Waals surface area contributed by atoms with Crippen LogP contribution in [0.1, 0.15) is 37.8 Å². The molecule has 1 fully saturated rings. The summed E-state index contributed by atoms with van der Waals surface area (Å²) in [7, 11) is 0. The standard InChI is InChI=1S/C22H29N3O/c1-4-18-5-11-21(12-6-18)24-13-15-25(16-14-24)22(26)23-20-9-7-19(8-10-20)17(2)3/h5-12,17H,4,13-16H2,1-3H3,(H,23,26). The highest BCUT2D eigenvalue weighted by molar-refractivity contribution is 5.89. The summed E-state index contributed by atoms with van der Waals surface area (Å²) in [5.41, 5.74) is 4.74. The van der Waals surface area contributed by atoms with E-state index in [4.69, 9.17) is 0 Å². The molecule has 2 amide bonds. The van der Waals surface area contributed by atoms with Gasteiger partial charge < -0.3 is 15.1 Å². The van der Waals surface area contributed by atoms with Crippen molar-refractivity contribution in [2.45, 2.75) is 33.1 Å². The Bertz CT molecular complexity index is 714. The highest BCUT2D eigenvalue weighted by atomic mass is 16.2. The molecular weight excluding hydrogens is 322 g/mol. The quantitative estimate of drug-likeness (QED) is 0.864. The highest BCUT2D eigenvalue weighted by Gasteiger charge is 2.21. The van der Waals surface area contributed by atoms with Crippen LogP contribution in [0.2, 0.25) is 0 Å². The second kappa shape index (κ2) is 8.26. The van der Waals surface area contributed by atoms with Crippen molar-refractivity contribution in [3.8, 4) is 0 Å². The van der Waals surface area contributed by atoms with Crippen molar-refractivity contribution in [1.29, 1.82) is 0 Å². The number of piperazine rings is 1. The van der Waals surface area contributed by atoms with Crippen LogP contribution in [0.5, 0.6) is 0 Å². The first-order valence-electron chi connectivity index (χ1n) is 9.56. The third-order valence-corrected chi connectivity index (χ3v) is 5.11. The molecule has 4 nitrogen and oxygen atoms in total. The summed E-state index contributed by atoms with van der Waals surface area (Å²) in [4.78, 5) is 16.8. The number of carbonyl (C=O) groups excluding carboxylic acids is 1. The van der Waals surface area contributed by atoms with Gasteiger partial charge in [0.25, 0.3) is 0 Å². The summed E-state index contributed by atoms with van der Waals surface area (Å²) < 4.78 is 0. The number of benzene rings is 2. The Labute approximate surface area is 156 Å². The number of nitrogens with one attached hydrogen (secondary N) is 1. The molecule has 1 N–H and O–H groups in total. The molecule has 1 saturated heterocycles. The summed E-state index contributed by atoms with van der Waals surface area (Å²) in [6, 6.07) is 16.9. The van der Waals surface area contributed by atoms with Gasteiger partial charge in [0.2, 0.25) is 0 Å². The number of rotatable bonds is 4. The third kappa shape index (κ3) is 4.37. The van der Waals surface area contributed by atoms with Crippen LogP contribution in [0, 0.1) is 0 Å². The number of hydrogen-bond acceptors (Lipinski definition) is 2. The number of anilines is 2. The number of urea groups is 1. The molecule has 0 unspecified atom stereocenters. The molecule has 0 bridgehead atoms. The highest BCUT2D eigenvalue weighted by Crippen LogP contribution is 2.19. The lowest BCUT2D eigenvalue weighted by molar-refractivity contribution is 0.208. The summed E-state index contributed by atoms with van der Waals surface area (Å²) in [6.45, 7) is 9.72. The van der Waals surface area contributed by atoms with Crippen LogP contribution in [-0.2, 0) is 6.42 Å². The van der Waals surface area contributed by atoms with Crippen molar-refractivity contribution in [3.63, 3.8) is 0 Å². The van der Waals surface area contributed by atoms with Crippen LogP contribution < -0.4 is 10.2 Å². The van der Waals surface area contributed by atoms with Crippen LogP contribution in [0.3, 0.4) is 0 Å². The first kappa shape index (κ1) is 18.3. The molecule has 4 heteroatoms. The van der Waals surface area contributed by atoms with Gasteiger partial charge in [0, 0.05) is 37.6 Å². The fourth-order valence-corrected chi connectivity index (χ4v) is 3.26. The van der Waals surface area contributed by atoms with Gasteiger partial charge in [0.15, 0.2) is 0 Å². The minimum Gasteiger partial charge on any atom is -0.368 e. The zero-order valence-corrected chi connectivity index (χ0v) is 16.0. The predicted molar refractivity (Wildman–Crippen MR) is 109 cm³/mol. The first-order valence-corrected chi connectivity index (χ1v) is 9.56. The third-order valence-electron chi connectivity index (χ3n) is 5.11. The topological polar surface area (TPSA) is 35.6 Å². The summed E-state index contributed by atoms with van der Waals surface area (Å²) in [5.74, 6) is 0.499. The molecule has 0 atom stereocenters. The van der Waals surface area contributed by atoms with Crippen molar-refractivity contribution < 1.29 is 4.79 Å². The number of amides is 2. The van der Waals surface area contributed by atoms with Crippen LogP contribution in [0.15, 0.2) is 48.5 Å². The minimum atomic E-state index is -0.0109. The molecule has 138 valence electrons.